The van der Waals surface area contributed by atoms with Crippen molar-refractivity contribution in [2.45, 2.75) is 38.5 Å². The molecule has 1 atom stereocenters. The summed E-state index contributed by atoms with van der Waals surface area (Å²) in [5.74, 6) is -0.688. The quantitative estimate of drug-likeness (QED) is 0.277. The maximum atomic E-state index is 13.7. The van der Waals surface area contributed by atoms with E-state index in [9.17, 15) is 13.4 Å². The molecular formula is C25H28FN3O3S. The Morgan fingerprint density at radius 3 is 2.42 bits per heavy atom. The SMILES string of the molecule is CC(C)CCN=[N+]=[N-].CC1=C(CC(=O)O)c2cc(F)ccc2/C1=C/c1ccc(S(C)=O)cc1. The predicted molar refractivity (Wildman–Crippen MR) is 131 cm³/mol. The van der Waals surface area contributed by atoms with E-state index in [0.29, 0.717) is 23.6 Å². The topological polar surface area (TPSA) is 103 Å². The summed E-state index contributed by atoms with van der Waals surface area (Å²) in [6, 6.07) is 11.8. The molecule has 1 N–H and O–H groups in total. The van der Waals surface area contributed by atoms with Crippen LogP contribution in [-0.2, 0) is 15.6 Å². The van der Waals surface area contributed by atoms with E-state index in [0.717, 1.165) is 33.6 Å². The second kappa shape index (κ2) is 12.1. The number of benzene rings is 2. The molecule has 1 unspecified atom stereocenters. The second-order valence-corrected chi connectivity index (χ2v) is 9.46. The Hall–Kier alpha value is -3.22. The summed E-state index contributed by atoms with van der Waals surface area (Å²) in [5.41, 5.74) is 12.6. The molecule has 0 aliphatic heterocycles. The predicted octanol–water partition coefficient (Wildman–Crippen LogP) is 6.71. The zero-order chi connectivity index (χ0) is 24.5. The van der Waals surface area contributed by atoms with Gasteiger partial charge in [-0.2, -0.15) is 0 Å². The highest BCUT2D eigenvalue weighted by Gasteiger charge is 2.25. The molecule has 2 aromatic carbocycles. The summed E-state index contributed by atoms with van der Waals surface area (Å²) in [4.78, 5) is 14.6. The zero-order valence-electron chi connectivity index (χ0n) is 19.2. The molecule has 0 spiro atoms. The number of azide groups is 1. The first-order valence-corrected chi connectivity index (χ1v) is 12.1. The van der Waals surface area contributed by atoms with E-state index >= 15 is 0 Å². The van der Waals surface area contributed by atoms with Gasteiger partial charge >= 0.3 is 5.97 Å². The third-order valence-electron chi connectivity index (χ3n) is 5.17. The molecule has 33 heavy (non-hydrogen) atoms. The zero-order valence-corrected chi connectivity index (χ0v) is 20.0. The minimum atomic E-state index is -1.04. The van der Waals surface area contributed by atoms with E-state index in [4.69, 9.17) is 10.6 Å². The maximum Gasteiger partial charge on any atom is 0.307 e. The number of carboxylic acids is 1. The van der Waals surface area contributed by atoms with E-state index in [1.807, 2.05) is 25.1 Å². The van der Waals surface area contributed by atoms with Crippen molar-refractivity contribution in [2.75, 3.05) is 12.8 Å². The Bertz CT molecular complexity index is 1150. The van der Waals surface area contributed by atoms with Gasteiger partial charge in [-0.25, -0.2) is 4.39 Å². The number of nitrogens with zero attached hydrogens (tertiary/aromatic N) is 3. The normalized spacial score (nSPS) is 14.4. The highest BCUT2D eigenvalue weighted by molar-refractivity contribution is 7.84. The van der Waals surface area contributed by atoms with Gasteiger partial charge in [-0.05, 0) is 88.5 Å². The van der Waals surface area contributed by atoms with Gasteiger partial charge in [0.25, 0.3) is 0 Å². The number of allylic oxidation sites excluding steroid dienone is 2. The fourth-order valence-corrected chi connectivity index (χ4v) is 3.93. The number of hydrogen-bond acceptors (Lipinski definition) is 3. The van der Waals surface area contributed by atoms with Gasteiger partial charge in [0.2, 0.25) is 0 Å². The van der Waals surface area contributed by atoms with Crippen molar-refractivity contribution in [2.24, 2.45) is 11.0 Å². The molecule has 0 amide bonds. The van der Waals surface area contributed by atoms with Crippen LogP contribution in [0.4, 0.5) is 4.39 Å². The Kier molecular flexibility index (Phi) is 9.57. The highest BCUT2D eigenvalue weighted by Crippen LogP contribution is 2.43. The molecule has 0 fully saturated rings. The summed E-state index contributed by atoms with van der Waals surface area (Å²) >= 11 is 0. The summed E-state index contributed by atoms with van der Waals surface area (Å²) in [7, 11) is -1.04. The van der Waals surface area contributed by atoms with E-state index in [1.165, 1.54) is 12.1 Å². The average Bonchev–Trinajstić information content (AvgIpc) is 2.99. The molecule has 0 saturated heterocycles. The van der Waals surface area contributed by atoms with Crippen LogP contribution in [0, 0.1) is 11.7 Å². The Morgan fingerprint density at radius 1 is 1.21 bits per heavy atom. The number of hydrogen-bond donors (Lipinski definition) is 1. The van der Waals surface area contributed by atoms with E-state index < -0.39 is 16.8 Å². The Morgan fingerprint density at radius 2 is 1.88 bits per heavy atom. The van der Waals surface area contributed by atoms with Crippen molar-refractivity contribution < 1.29 is 18.5 Å². The lowest BCUT2D eigenvalue weighted by Crippen LogP contribution is -1.97. The summed E-state index contributed by atoms with van der Waals surface area (Å²) < 4.78 is 25.1. The van der Waals surface area contributed by atoms with Gasteiger partial charge in [0.15, 0.2) is 0 Å². The number of fused-ring (bicyclic) bond motifs is 1. The molecular weight excluding hydrogens is 441 g/mol. The summed E-state index contributed by atoms with van der Waals surface area (Å²) in [5, 5.41) is 12.6. The van der Waals surface area contributed by atoms with E-state index in [2.05, 4.69) is 23.9 Å². The summed E-state index contributed by atoms with van der Waals surface area (Å²) in [6.45, 7) is 6.70. The monoisotopic (exact) mass is 469 g/mol. The van der Waals surface area contributed by atoms with Crippen LogP contribution >= 0.6 is 0 Å². The van der Waals surface area contributed by atoms with Gasteiger partial charge in [0, 0.05) is 33.4 Å². The van der Waals surface area contributed by atoms with E-state index in [1.54, 1.807) is 24.5 Å². The lowest BCUT2D eigenvalue weighted by Gasteiger charge is -2.05. The fraction of sp³-hybridized carbons (Fsp3) is 0.320. The van der Waals surface area contributed by atoms with Gasteiger partial charge in [0.1, 0.15) is 5.82 Å². The lowest BCUT2D eigenvalue weighted by atomic mass is 10.0. The molecule has 3 rings (SSSR count). The minimum Gasteiger partial charge on any atom is -0.481 e. The van der Waals surface area contributed by atoms with Crippen molar-refractivity contribution in [1.29, 1.82) is 0 Å². The van der Waals surface area contributed by atoms with Crippen LogP contribution in [0.3, 0.4) is 0 Å². The number of carbonyl (C=O) groups is 1. The van der Waals surface area contributed by atoms with Crippen LogP contribution in [0.1, 0.15) is 50.3 Å². The molecule has 0 radical (unpaired) electrons. The molecule has 1 aliphatic rings. The van der Waals surface area contributed by atoms with Gasteiger partial charge in [-0.15, -0.1) is 0 Å². The molecule has 1 aliphatic carbocycles. The van der Waals surface area contributed by atoms with Crippen molar-refractivity contribution >= 4 is 34.0 Å². The largest absolute Gasteiger partial charge is 0.481 e. The smallest absolute Gasteiger partial charge is 0.307 e. The lowest BCUT2D eigenvalue weighted by molar-refractivity contribution is -0.135. The standard InChI is InChI=1S/C20H17FO3S.C5H11N3/c1-12-17(9-13-3-6-15(7-4-13)25(2)24)16-8-5-14(21)10-19(16)18(12)11-20(22)23;1-5(2)3-4-7-8-6/h3-10H,11H2,1-2H3,(H,22,23);5H,3-4H2,1-2H3/b17-9+;. The van der Waals surface area contributed by atoms with Gasteiger partial charge in [-0.1, -0.05) is 37.2 Å². The van der Waals surface area contributed by atoms with Crippen molar-refractivity contribution in [3.8, 4) is 0 Å². The molecule has 0 heterocycles. The molecule has 2 aromatic rings. The minimum absolute atomic E-state index is 0.145. The second-order valence-electron chi connectivity index (χ2n) is 8.08. The van der Waals surface area contributed by atoms with Crippen LogP contribution < -0.4 is 0 Å². The highest BCUT2D eigenvalue weighted by atomic mass is 32.2. The molecule has 0 bridgehead atoms. The van der Waals surface area contributed by atoms with E-state index in [-0.39, 0.29) is 12.2 Å². The molecule has 0 saturated carbocycles. The Labute approximate surface area is 195 Å². The van der Waals surface area contributed by atoms with Gasteiger partial charge in [-0.3, -0.25) is 9.00 Å². The number of aliphatic carboxylic acids is 1. The third-order valence-corrected chi connectivity index (χ3v) is 6.11. The number of halogens is 1. The van der Waals surface area contributed by atoms with Gasteiger partial charge < -0.3 is 5.11 Å². The van der Waals surface area contributed by atoms with Crippen molar-refractivity contribution in [1.82, 2.24) is 0 Å². The first kappa shape index (κ1) is 26.0. The molecule has 174 valence electrons. The van der Waals surface area contributed by atoms with Crippen molar-refractivity contribution in [3.05, 3.63) is 81.0 Å². The van der Waals surface area contributed by atoms with Crippen molar-refractivity contribution in [3.63, 3.8) is 0 Å². The Balaban J connectivity index is 0.000000414. The third kappa shape index (κ3) is 7.41. The van der Waals surface area contributed by atoms with Crippen LogP contribution in [0.5, 0.6) is 0 Å². The molecule has 8 heteroatoms. The van der Waals surface area contributed by atoms with Crippen LogP contribution in [-0.4, -0.2) is 28.1 Å². The average molecular weight is 470 g/mol. The molecule has 6 nitrogen and oxygen atoms in total. The number of rotatable bonds is 7. The summed E-state index contributed by atoms with van der Waals surface area (Å²) in [6.07, 6.45) is 4.42. The first-order valence-electron chi connectivity index (χ1n) is 10.5. The van der Waals surface area contributed by atoms with Crippen LogP contribution in [0.15, 0.2) is 58.0 Å². The van der Waals surface area contributed by atoms with Crippen LogP contribution in [0.25, 0.3) is 27.7 Å². The number of carboxylic acid groups (broad SMARTS) is 1. The van der Waals surface area contributed by atoms with Crippen LogP contribution in [0.2, 0.25) is 0 Å². The fourth-order valence-electron chi connectivity index (χ4n) is 3.42. The maximum absolute atomic E-state index is 13.7. The molecule has 0 aromatic heterocycles. The van der Waals surface area contributed by atoms with Gasteiger partial charge in [0.05, 0.1) is 6.42 Å². The first-order chi connectivity index (χ1) is 15.6.